The van der Waals surface area contributed by atoms with Gasteiger partial charge in [0.15, 0.2) is 0 Å². The summed E-state index contributed by atoms with van der Waals surface area (Å²) in [5.74, 6) is 1.14. The van der Waals surface area contributed by atoms with E-state index < -0.39 is 0 Å². The number of benzene rings is 2. The highest BCUT2D eigenvalue weighted by atomic mass is 16.4. The second-order valence-corrected chi connectivity index (χ2v) is 9.25. The molecule has 0 aliphatic heterocycles. The molecular weight excluding hydrogens is 398 g/mol. The van der Waals surface area contributed by atoms with E-state index in [1.54, 1.807) is 0 Å². The first-order valence-corrected chi connectivity index (χ1v) is 12.0. The number of fused-ring (bicyclic) bond motifs is 1. The topological polar surface area (TPSA) is 62.5 Å². The number of rotatable bonds is 6. The fourth-order valence-corrected chi connectivity index (χ4v) is 5.04. The van der Waals surface area contributed by atoms with Crippen LogP contribution in [0, 0.1) is 5.92 Å². The average Bonchev–Trinajstić information content (AvgIpc) is 3.62. The van der Waals surface area contributed by atoms with E-state index >= 15 is 0 Å². The van der Waals surface area contributed by atoms with Gasteiger partial charge in [0.25, 0.3) is 0 Å². The van der Waals surface area contributed by atoms with E-state index in [1.165, 1.54) is 5.56 Å². The summed E-state index contributed by atoms with van der Waals surface area (Å²) >= 11 is 0. The van der Waals surface area contributed by atoms with Crippen molar-refractivity contribution >= 4 is 5.69 Å². The monoisotopic (exact) mass is 429 g/mol. The van der Waals surface area contributed by atoms with E-state index in [9.17, 15) is 9.90 Å². The molecule has 0 bridgehead atoms. The van der Waals surface area contributed by atoms with Gasteiger partial charge in [-0.25, -0.2) is 4.79 Å². The van der Waals surface area contributed by atoms with Gasteiger partial charge in [0.1, 0.15) is 11.5 Å². The van der Waals surface area contributed by atoms with E-state index in [1.807, 2.05) is 24.3 Å². The minimum Gasteiger partial charge on any atom is -0.507 e. The highest BCUT2D eigenvalue weighted by Gasteiger charge is 2.38. The maximum Gasteiger partial charge on any atom is 0.343 e. The molecule has 1 heterocycles. The summed E-state index contributed by atoms with van der Waals surface area (Å²) < 4.78 is 5.83. The average molecular weight is 430 g/mol. The van der Waals surface area contributed by atoms with Crippen molar-refractivity contribution in [3.63, 3.8) is 0 Å². The normalized spacial score (nSPS) is 17.1. The summed E-state index contributed by atoms with van der Waals surface area (Å²) in [6.07, 6.45) is 8.02. The lowest BCUT2D eigenvalue weighted by Crippen LogP contribution is -2.19. The second kappa shape index (κ2) is 9.23. The Morgan fingerprint density at radius 3 is 2.53 bits per heavy atom. The van der Waals surface area contributed by atoms with Gasteiger partial charge in [0, 0.05) is 30.1 Å². The maximum atomic E-state index is 13.1. The fourth-order valence-electron chi connectivity index (χ4n) is 5.04. The summed E-state index contributed by atoms with van der Waals surface area (Å²) in [5.41, 5.74) is 4.28. The molecule has 2 aliphatic carbocycles. The Kier molecular flexibility index (Phi) is 6.02. The van der Waals surface area contributed by atoms with Crippen LogP contribution in [0.25, 0.3) is 0 Å². The van der Waals surface area contributed by atoms with Crippen LogP contribution < -0.4 is 10.9 Å². The summed E-state index contributed by atoms with van der Waals surface area (Å²) in [4.78, 5) is 13.1. The molecule has 0 radical (unpaired) electrons. The lowest BCUT2D eigenvalue weighted by molar-refractivity contribution is 0.382. The highest BCUT2D eigenvalue weighted by molar-refractivity contribution is 5.52. The van der Waals surface area contributed by atoms with Crippen molar-refractivity contribution in [2.75, 3.05) is 5.32 Å². The predicted molar refractivity (Wildman–Crippen MR) is 127 cm³/mol. The van der Waals surface area contributed by atoms with Gasteiger partial charge in [-0.1, -0.05) is 55.3 Å². The molecule has 2 N–H and O–H groups in total. The Morgan fingerprint density at radius 1 is 0.969 bits per heavy atom. The summed E-state index contributed by atoms with van der Waals surface area (Å²) in [5, 5.41) is 14.8. The van der Waals surface area contributed by atoms with Crippen molar-refractivity contribution in [2.24, 2.45) is 5.92 Å². The quantitative estimate of drug-likeness (QED) is 0.493. The Balaban J connectivity index is 1.48. The number of anilines is 1. The van der Waals surface area contributed by atoms with Crippen LogP contribution >= 0.6 is 0 Å². The zero-order valence-corrected chi connectivity index (χ0v) is 18.5. The van der Waals surface area contributed by atoms with Crippen molar-refractivity contribution < 1.29 is 9.52 Å². The Hall–Kier alpha value is -3.01. The minimum absolute atomic E-state index is 0.125. The van der Waals surface area contributed by atoms with Crippen molar-refractivity contribution in [3.05, 3.63) is 93.0 Å². The maximum absolute atomic E-state index is 13.1. The molecule has 2 aliphatic rings. The lowest BCUT2D eigenvalue weighted by Gasteiger charge is -2.22. The molecule has 5 rings (SSSR count). The fraction of sp³-hybridized carbons (Fsp3) is 0.393. The molecule has 32 heavy (non-hydrogen) atoms. The first-order valence-electron chi connectivity index (χ1n) is 12.0. The van der Waals surface area contributed by atoms with E-state index in [0.717, 1.165) is 74.7 Å². The molecule has 3 aromatic rings. The van der Waals surface area contributed by atoms with Crippen LogP contribution in [0.4, 0.5) is 5.69 Å². The van der Waals surface area contributed by atoms with Crippen LogP contribution in [0.5, 0.6) is 5.75 Å². The zero-order chi connectivity index (χ0) is 21.9. The first kappa shape index (κ1) is 20.9. The third-order valence-corrected chi connectivity index (χ3v) is 6.88. The molecular formula is C28H31NO3. The van der Waals surface area contributed by atoms with Crippen LogP contribution in [0.15, 0.2) is 63.8 Å². The molecule has 4 nitrogen and oxygen atoms in total. The second-order valence-electron chi connectivity index (χ2n) is 9.25. The van der Waals surface area contributed by atoms with Crippen molar-refractivity contribution in [1.82, 2.24) is 0 Å². The standard InChI is InChI=1S/C28H31NO3/c30-27-23-13-6-1-2-7-14-24(23)32-28(31)26(27)25(20-15-16-20)21-11-8-12-22(17-21)29-18-19-9-4-3-5-10-19/h3-5,8-12,17,20,25,29-30H,1-2,6-7,13-16,18H2. The highest BCUT2D eigenvalue weighted by Crippen LogP contribution is 2.49. The van der Waals surface area contributed by atoms with Crippen molar-refractivity contribution in [1.29, 1.82) is 0 Å². The van der Waals surface area contributed by atoms with Crippen molar-refractivity contribution in [3.8, 4) is 5.75 Å². The number of hydrogen-bond donors (Lipinski definition) is 2. The van der Waals surface area contributed by atoms with Gasteiger partial charge in [-0.3, -0.25) is 0 Å². The van der Waals surface area contributed by atoms with Crippen LogP contribution in [0.3, 0.4) is 0 Å². The molecule has 2 aromatic carbocycles. The number of nitrogens with one attached hydrogen (secondary N) is 1. The van der Waals surface area contributed by atoms with Crippen molar-refractivity contribution in [2.45, 2.75) is 63.8 Å². The number of aromatic hydroxyl groups is 1. The third kappa shape index (κ3) is 4.45. The first-order chi connectivity index (χ1) is 15.7. The third-order valence-electron chi connectivity index (χ3n) is 6.88. The largest absolute Gasteiger partial charge is 0.507 e. The SMILES string of the molecule is O=c1oc2c(c(O)c1C(c1cccc(NCc3ccccc3)c1)C1CC1)CCCCCC2. The molecule has 4 heteroatoms. The zero-order valence-electron chi connectivity index (χ0n) is 18.5. The van der Waals surface area contributed by atoms with E-state index in [4.69, 9.17) is 4.42 Å². The number of hydrogen-bond acceptors (Lipinski definition) is 4. The molecule has 0 saturated heterocycles. The lowest BCUT2D eigenvalue weighted by atomic mass is 9.85. The molecule has 0 spiro atoms. The summed E-state index contributed by atoms with van der Waals surface area (Å²) in [6.45, 7) is 0.741. The molecule has 1 fully saturated rings. The predicted octanol–water partition coefficient (Wildman–Crippen LogP) is 6.16. The Labute approximate surface area is 189 Å². The van der Waals surface area contributed by atoms with E-state index in [0.29, 0.717) is 17.2 Å². The Morgan fingerprint density at radius 2 is 1.75 bits per heavy atom. The molecule has 1 unspecified atom stereocenters. The Bertz CT molecular complexity index is 1130. The van der Waals surface area contributed by atoms with Crippen LogP contribution in [-0.4, -0.2) is 5.11 Å². The number of aryl methyl sites for hydroxylation is 1. The smallest absolute Gasteiger partial charge is 0.343 e. The van der Waals surface area contributed by atoms with Gasteiger partial charge in [0.05, 0.1) is 5.56 Å². The summed E-state index contributed by atoms with van der Waals surface area (Å²) in [6, 6.07) is 18.6. The van der Waals surface area contributed by atoms with Crippen LogP contribution in [0.1, 0.15) is 72.5 Å². The van der Waals surface area contributed by atoms with Gasteiger partial charge in [-0.15, -0.1) is 0 Å². The van der Waals surface area contributed by atoms with Crippen LogP contribution in [-0.2, 0) is 19.4 Å². The van der Waals surface area contributed by atoms with Gasteiger partial charge < -0.3 is 14.8 Å². The van der Waals surface area contributed by atoms with Gasteiger partial charge in [0.2, 0.25) is 0 Å². The van der Waals surface area contributed by atoms with Gasteiger partial charge in [-0.2, -0.15) is 0 Å². The van der Waals surface area contributed by atoms with Gasteiger partial charge in [-0.05, 0) is 61.3 Å². The van der Waals surface area contributed by atoms with Gasteiger partial charge >= 0.3 is 5.63 Å². The molecule has 1 aromatic heterocycles. The van der Waals surface area contributed by atoms with E-state index in [2.05, 4.69) is 35.6 Å². The van der Waals surface area contributed by atoms with Crippen LogP contribution in [0.2, 0.25) is 0 Å². The summed E-state index contributed by atoms with van der Waals surface area (Å²) in [7, 11) is 0. The minimum atomic E-state index is -0.360. The molecule has 0 amide bonds. The molecule has 1 atom stereocenters. The van der Waals surface area contributed by atoms with E-state index in [-0.39, 0.29) is 17.3 Å². The molecule has 166 valence electrons. The molecule has 1 saturated carbocycles.